The third-order valence-electron chi connectivity index (χ3n) is 5.86. The van der Waals surface area contributed by atoms with E-state index in [1.807, 2.05) is 32.0 Å². The molecule has 3 heterocycles. The van der Waals surface area contributed by atoms with Crippen LogP contribution in [0.15, 0.2) is 41.3 Å². The van der Waals surface area contributed by atoms with E-state index in [9.17, 15) is 9.59 Å². The van der Waals surface area contributed by atoms with Crippen molar-refractivity contribution >= 4 is 34.7 Å². The van der Waals surface area contributed by atoms with Crippen LogP contribution >= 0.6 is 12.2 Å². The molecule has 2 N–H and O–H groups in total. The Morgan fingerprint density at radius 3 is 2.56 bits per heavy atom. The molecule has 1 aliphatic heterocycles. The number of nitrogens with zero attached hydrogens (tertiary/aromatic N) is 4. The number of carbonyl (C=O) groups is 1. The third-order valence-corrected chi connectivity index (χ3v) is 6.28. The highest BCUT2D eigenvalue weighted by molar-refractivity contribution is 7.71. The van der Waals surface area contributed by atoms with Gasteiger partial charge in [0.1, 0.15) is 10.3 Å². The highest BCUT2D eigenvalue weighted by atomic mass is 32.1. The lowest BCUT2D eigenvalue weighted by Gasteiger charge is -2.36. The molecule has 168 valence electrons. The molecule has 32 heavy (non-hydrogen) atoms. The summed E-state index contributed by atoms with van der Waals surface area (Å²) in [5, 5.41) is 3.48. The molecule has 0 radical (unpaired) electrons. The quantitative estimate of drug-likeness (QED) is 0.579. The van der Waals surface area contributed by atoms with Crippen LogP contribution in [0.5, 0.6) is 0 Å². The predicted octanol–water partition coefficient (Wildman–Crippen LogP) is 2.72. The van der Waals surface area contributed by atoms with Crippen molar-refractivity contribution in [2.24, 2.45) is 0 Å². The van der Waals surface area contributed by atoms with E-state index in [1.54, 1.807) is 23.9 Å². The van der Waals surface area contributed by atoms with Gasteiger partial charge in [-0.1, -0.05) is 18.3 Å². The number of aromatic nitrogens is 3. The van der Waals surface area contributed by atoms with Gasteiger partial charge in [-0.2, -0.15) is 0 Å². The molecule has 1 aliphatic rings. The number of hydrogen-bond acceptors (Lipinski definition) is 6. The number of fused-ring (bicyclic) bond motifs is 1. The minimum absolute atomic E-state index is 0.0156. The lowest BCUT2D eigenvalue weighted by molar-refractivity contribution is 0.0958. The van der Waals surface area contributed by atoms with E-state index >= 15 is 0 Å². The zero-order valence-corrected chi connectivity index (χ0v) is 19.4. The first-order valence-corrected chi connectivity index (χ1v) is 11.2. The molecule has 1 saturated heterocycles. The molecule has 0 aliphatic carbocycles. The number of piperazine rings is 1. The van der Waals surface area contributed by atoms with Crippen molar-refractivity contribution in [1.29, 1.82) is 0 Å². The summed E-state index contributed by atoms with van der Waals surface area (Å²) in [5.74, 6) is -0.180. The van der Waals surface area contributed by atoms with Crippen molar-refractivity contribution in [2.45, 2.75) is 26.4 Å². The molecule has 0 spiro atoms. The maximum atomic E-state index is 12.4. The minimum atomic E-state index is -0.180. The van der Waals surface area contributed by atoms with Gasteiger partial charge in [-0.3, -0.25) is 14.3 Å². The maximum Gasteiger partial charge on any atom is 0.327 e. The molecule has 0 atom stereocenters. The number of H-pyrrole nitrogens is 1. The van der Waals surface area contributed by atoms with Gasteiger partial charge in [0.25, 0.3) is 5.91 Å². The van der Waals surface area contributed by atoms with Gasteiger partial charge < -0.3 is 15.2 Å². The topological polar surface area (TPSA) is 86.3 Å². The Balaban J connectivity index is 1.43. The normalized spacial score (nSPS) is 14.8. The largest absolute Gasteiger partial charge is 0.368 e. The van der Waals surface area contributed by atoms with Gasteiger partial charge in [0.05, 0.1) is 17.4 Å². The Morgan fingerprint density at radius 2 is 1.94 bits per heavy atom. The average molecular weight is 453 g/mol. The maximum absolute atomic E-state index is 12.4. The van der Waals surface area contributed by atoms with E-state index in [2.05, 4.69) is 31.2 Å². The number of pyridine rings is 1. The number of carbonyl (C=O) groups excluding carboxylic acids is 1. The number of hydrogen-bond donors (Lipinski definition) is 2. The summed E-state index contributed by atoms with van der Waals surface area (Å²) in [6.45, 7) is 8.33. The lowest BCUT2D eigenvalue weighted by Crippen LogP contribution is -2.46. The van der Waals surface area contributed by atoms with Crippen molar-refractivity contribution in [3.05, 3.63) is 62.9 Å². The van der Waals surface area contributed by atoms with E-state index in [4.69, 9.17) is 12.2 Å². The molecule has 0 saturated carbocycles. The molecule has 9 heteroatoms. The first kappa shape index (κ1) is 22.2. The summed E-state index contributed by atoms with van der Waals surface area (Å²) in [4.78, 5) is 36.0. The number of amides is 1. The Bertz CT molecular complexity index is 1240. The standard InChI is InChI=1S/C23H28N6O2S/c1-15(2)29-22(32)18-6-4-16(12-20(18)26-23(29)31)14-27-8-10-28(11-9-27)17-5-7-19(25-13-17)21(30)24-3/h4-7,12-13,15H,8-11,14H2,1-3H3,(H,24,30)(H,26,31). The molecule has 0 bridgehead atoms. The van der Waals surface area contributed by atoms with Crippen LogP contribution in [0.3, 0.4) is 0 Å². The second-order valence-corrected chi connectivity index (χ2v) is 8.71. The lowest BCUT2D eigenvalue weighted by atomic mass is 10.1. The second kappa shape index (κ2) is 9.22. The van der Waals surface area contributed by atoms with Crippen LogP contribution in [0, 0.1) is 4.64 Å². The Labute approximate surface area is 191 Å². The summed E-state index contributed by atoms with van der Waals surface area (Å²) in [6.07, 6.45) is 1.76. The molecule has 0 unspecified atom stereocenters. The fourth-order valence-electron chi connectivity index (χ4n) is 4.10. The zero-order chi connectivity index (χ0) is 22.8. The van der Waals surface area contributed by atoms with Crippen LogP contribution in [0.2, 0.25) is 0 Å². The Hall–Kier alpha value is -3.04. The number of rotatable bonds is 5. The summed E-state index contributed by atoms with van der Waals surface area (Å²) < 4.78 is 2.20. The van der Waals surface area contributed by atoms with Crippen molar-refractivity contribution in [1.82, 2.24) is 24.8 Å². The van der Waals surface area contributed by atoms with Gasteiger partial charge in [-0.15, -0.1) is 0 Å². The number of anilines is 1. The van der Waals surface area contributed by atoms with E-state index in [-0.39, 0.29) is 17.6 Å². The van der Waals surface area contributed by atoms with E-state index in [1.165, 1.54) is 0 Å². The van der Waals surface area contributed by atoms with E-state index in [0.717, 1.165) is 54.9 Å². The SMILES string of the molecule is CNC(=O)c1ccc(N2CCN(Cc3ccc4c(=S)n(C(C)C)c(=O)[nH]c4c3)CC2)cn1. The molecule has 8 nitrogen and oxygen atoms in total. The summed E-state index contributed by atoms with van der Waals surface area (Å²) in [6, 6.07) is 9.86. The van der Waals surface area contributed by atoms with Crippen molar-refractivity contribution in [2.75, 3.05) is 38.1 Å². The Kier molecular flexibility index (Phi) is 6.38. The number of benzene rings is 1. The van der Waals surface area contributed by atoms with E-state index in [0.29, 0.717) is 10.3 Å². The molecule has 1 fully saturated rings. The Morgan fingerprint density at radius 1 is 1.19 bits per heavy atom. The van der Waals surface area contributed by atoms with Crippen LogP contribution < -0.4 is 15.9 Å². The molecular formula is C23H28N6O2S. The molecule has 1 amide bonds. The van der Waals surface area contributed by atoms with Crippen molar-refractivity contribution in [3.8, 4) is 0 Å². The summed E-state index contributed by atoms with van der Waals surface area (Å²) in [7, 11) is 1.60. The highest BCUT2D eigenvalue weighted by Gasteiger charge is 2.18. The van der Waals surface area contributed by atoms with Crippen LogP contribution in [0.4, 0.5) is 5.69 Å². The summed E-state index contributed by atoms with van der Waals surface area (Å²) >= 11 is 5.55. The number of aromatic amines is 1. The zero-order valence-electron chi connectivity index (χ0n) is 18.6. The summed E-state index contributed by atoms with van der Waals surface area (Å²) in [5.41, 5.74) is 3.21. The van der Waals surface area contributed by atoms with Crippen LogP contribution in [-0.2, 0) is 6.54 Å². The molecular weight excluding hydrogens is 424 g/mol. The minimum Gasteiger partial charge on any atom is -0.368 e. The smallest absolute Gasteiger partial charge is 0.327 e. The van der Waals surface area contributed by atoms with Crippen molar-refractivity contribution < 1.29 is 4.79 Å². The molecule has 2 aromatic heterocycles. The van der Waals surface area contributed by atoms with Crippen LogP contribution in [-0.4, -0.2) is 58.6 Å². The fraction of sp³-hybridized carbons (Fsp3) is 0.391. The van der Waals surface area contributed by atoms with Gasteiger partial charge in [-0.25, -0.2) is 9.78 Å². The van der Waals surface area contributed by atoms with Crippen molar-refractivity contribution in [3.63, 3.8) is 0 Å². The second-order valence-electron chi connectivity index (χ2n) is 8.32. The van der Waals surface area contributed by atoms with Gasteiger partial charge in [0, 0.05) is 51.2 Å². The molecule has 4 rings (SSSR count). The van der Waals surface area contributed by atoms with Gasteiger partial charge in [0.15, 0.2) is 0 Å². The number of nitrogens with one attached hydrogen (secondary N) is 2. The third kappa shape index (κ3) is 4.44. The molecule has 3 aromatic rings. The predicted molar refractivity (Wildman–Crippen MR) is 129 cm³/mol. The van der Waals surface area contributed by atoms with Gasteiger partial charge >= 0.3 is 5.69 Å². The van der Waals surface area contributed by atoms with Gasteiger partial charge in [-0.05, 0) is 43.7 Å². The first-order chi connectivity index (χ1) is 15.4. The highest BCUT2D eigenvalue weighted by Crippen LogP contribution is 2.20. The van der Waals surface area contributed by atoms with Crippen LogP contribution in [0.1, 0.15) is 35.9 Å². The monoisotopic (exact) mass is 452 g/mol. The molecule has 1 aromatic carbocycles. The van der Waals surface area contributed by atoms with Crippen LogP contribution in [0.25, 0.3) is 10.9 Å². The average Bonchev–Trinajstić information content (AvgIpc) is 2.79. The van der Waals surface area contributed by atoms with Gasteiger partial charge in [0.2, 0.25) is 0 Å². The fourth-order valence-corrected chi connectivity index (χ4v) is 4.58. The van der Waals surface area contributed by atoms with E-state index < -0.39 is 0 Å². The first-order valence-electron chi connectivity index (χ1n) is 10.8.